The molecule has 0 fully saturated rings. The van der Waals surface area contributed by atoms with Crippen molar-refractivity contribution in [1.82, 2.24) is 4.98 Å². The predicted octanol–water partition coefficient (Wildman–Crippen LogP) is 7.04. The van der Waals surface area contributed by atoms with Crippen LogP contribution in [0.4, 0.5) is 55.0 Å². The molecule has 0 spiro atoms. The lowest BCUT2D eigenvalue weighted by Crippen LogP contribution is -2.07. The van der Waals surface area contributed by atoms with Crippen molar-refractivity contribution in [2.75, 3.05) is 11.1 Å². The highest BCUT2D eigenvalue weighted by molar-refractivity contribution is 5.75. The van der Waals surface area contributed by atoms with Crippen molar-refractivity contribution >= 4 is 28.7 Å². The Morgan fingerprint density at radius 2 is 1.55 bits per heavy atom. The third-order valence-electron chi connectivity index (χ3n) is 4.45. The second-order valence-electron chi connectivity index (χ2n) is 6.76. The van der Waals surface area contributed by atoms with Crippen molar-refractivity contribution < 1.29 is 26.3 Å². The number of rotatable bonds is 4. The molecule has 0 aliphatic carbocycles. The molecule has 2 aromatic carbocycles. The second-order valence-corrected chi connectivity index (χ2v) is 6.76. The first-order valence-corrected chi connectivity index (χ1v) is 9.13. The van der Waals surface area contributed by atoms with E-state index in [9.17, 15) is 31.6 Å². The van der Waals surface area contributed by atoms with E-state index in [4.69, 9.17) is 5.73 Å². The van der Waals surface area contributed by atoms with Crippen LogP contribution in [0, 0.1) is 18.3 Å². The summed E-state index contributed by atoms with van der Waals surface area (Å²) in [5.41, 5.74) is 4.05. The van der Waals surface area contributed by atoms with Crippen LogP contribution in [-0.4, -0.2) is 4.98 Å². The first-order valence-electron chi connectivity index (χ1n) is 9.13. The molecular formula is C21H14F6N6. The maximum Gasteiger partial charge on any atom is 0.416 e. The van der Waals surface area contributed by atoms with E-state index >= 15 is 0 Å². The van der Waals surface area contributed by atoms with Gasteiger partial charge in [-0.1, -0.05) is 12.1 Å². The van der Waals surface area contributed by atoms with E-state index in [1.807, 2.05) is 6.07 Å². The Labute approximate surface area is 183 Å². The summed E-state index contributed by atoms with van der Waals surface area (Å²) in [4.78, 5) is 3.99. The molecule has 0 radical (unpaired) electrons. The summed E-state index contributed by atoms with van der Waals surface area (Å²) < 4.78 is 77.4. The summed E-state index contributed by atoms with van der Waals surface area (Å²) in [5, 5.41) is 19.8. The summed E-state index contributed by atoms with van der Waals surface area (Å²) in [6.07, 6.45) is -9.13. The molecule has 0 bridgehead atoms. The summed E-state index contributed by atoms with van der Waals surface area (Å²) in [6, 6.07) is 10.3. The van der Waals surface area contributed by atoms with Crippen LogP contribution in [0.3, 0.4) is 0 Å². The predicted molar refractivity (Wildman–Crippen MR) is 108 cm³/mol. The van der Waals surface area contributed by atoms with Crippen molar-refractivity contribution in [2.45, 2.75) is 19.3 Å². The Morgan fingerprint density at radius 1 is 0.939 bits per heavy atom. The number of nitrogens with two attached hydrogens (primary N) is 1. The zero-order chi connectivity index (χ0) is 24.4. The van der Waals surface area contributed by atoms with Crippen LogP contribution >= 0.6 is 0 Å². The molecule has 0 unspecified atom stereocenters. The minimum absolute atomic E-state index is 0.0194. The monoisotopic (exact) mass is 464 g/mol. The van der Waals surface area contributed by atoms with E-state index in [2.05, 4.69) is 20.5 Å². The number of nitrogens with zero attached hydrogens (tertiary/aromatic N) is 4. The molecule has 3 aromatic rings. The topological polar surface area (TPSA) is 99.5 Å². The van der Waals surface area contributed by atoms with Crippen LogP contribution in [0.2, 0.25) is 0 Å². The molecule has 0 saturated carbocycles. The maximum absolute atomic E-state index is 12.9. The highest BCUT2D eigenvalue weighted by Crippen LogP contribution is 2.36. The molecular weight excluding hydrogens is 450 g/mol. The average Bonchev–Trinajstić information content (AvgIpc) is 2.73. The number of azo groups is 1. The maximum atomic E-state index is 12.9. The van der Waals surface area contributed by atoms with Crippen molar-refractivity contribution in [3.8, 4) is 6.07 Å². The molecule has 0 aliphatic heterocycles. The van der Waals surface area contributed by atoms with Crippen LogP contribution in [0.1, 0.15) is 22.3 Å². The van der Waals surface area contributed by atoms with Crippen LogP contribution in [0.25, 0.3) is 0 Å². The quantitative estimate of drug-likeness (QED) is 0.319. The van der Waals surface area contributed by atoms with Crippen LogP contribution in [0.15, 0.2) is 58.8 Å². The molecule has 1 aromatic heterocycles. The van der Waals surface area contributed by atoms with Crippen molar-refractivity contribution in [3.63, 3.8) is 0 Å². The van der Waals surface area contributed by atoms with Gasteiger partial charge in [0.15, 0.2) is 11.6 Å². The Hall–Kier alpha value is -4.14. The summed E-state index contributed by atoms with van der Waals surface area (Å²) in [7, 11) is 0. The molecule has 0 atom stereocenters. The van der Waals surface area contributed by atoms with Crippen molar-refractivity contribution in [1.29, 1.82) is 5.26 Å². The van der Waals surface area contributed by atoms with Gasteiger partial charge in [-0.3, -0.25) is 0 Å². The molecule has 3 N–H and O–H groups in total. The number of nitrogens with one attached hydrogen (secondary N) is 1. The van der Waals surface area contributed by atoms with Gasteiger partial charge in [0.05, 0.1) is 22.4 Å². The van der Waals surface area contributed by atoms with Gasteiger partial charge in [-0.05, 0) is 43.3 Å². The first kappa shape index (κ1) is 23.5. The SMILES string of the molecule is Cc1c(C#N)c(Nc2cccc(C(F)(F)F)c2)nc(N)c1/N=N/c1cccc(C(F)(F)F)c1. The van der Waals surface area contributed by atoms with Crippen LogP contribution < -0.4 is 11.1 Å². The number of benzene rings is 2. The number of alkyl halides is 6. The fourth-order valence-electron chi connectivity index (χ4n) is 2.83. The third-order valence-corrected chi connectivity index (χ3v) is 4.45. The zero-order valence-electron chi connectivity index (χ0n) is 16.8. The van der Waals surface area contributed by atoms with E-state index in [0.29, 0.717) is 0 Å². The number of nitrogen functional groups attached to an aromatic ring is 1. The van der Waals surface area contributed by atoms with E-state index in [0.717, 1.165) is 30.3 Å². The summed E-state index contributed by atoms with van der Waals surface area (Å²) in [5.74, 6) is -0.332. The minimum Gasteiger partial charge on any atom is -0.382 e. The van der Waals surface area contributed by atoms with Gasteiger partial charge in [0.1, 0.15) is 11.8 Å². The van der Waals surface area contributed by atoms with Crippen molar-refractivity contribution in [2.24, 2.45) is 10.2 Å². The fraction of sp³-hybridized carbons (Fsp3) is 0.143. The smallest absolute Gasteiger partial charge is 0.382 e. The minimum atomic E-state index is -4.56. The molecule has 0 amide bonds. The number of halogens is 6. The van der Waals surface area contributed by atoms with Gasteiger partial charge < -0.3 is 11.1 Å². The highest BCUT2D eigenvalue weighted by Gasteiger charge is 2.31. The summed E-state index contributed by atoms with van der Waals surface area (Å²) in [6.45, 7) is 1.45. The fourth-order valence-corrected chi connectivity index (χ4v) is 2.83. The molecule has 0 saturated heterocycles. The van der Waals surface area contributed by atoms with Gasteiger partial charge in [-0.2, -0.15) is 36.7 Å². The molecule has 0 aliphatic rings. The van der Waals surface area contributed by atoms with Gasteiger partial charge in [-0.15, -0.1) is 5.11 Å². The molecule has 3 rings (SSSR count). The van der Waals surface area contributed by atoms with Crippen LogP contribution in [-0.2, 0) is 12.4 Å². The Balaban J connectivity index is 1.97. The lowest BCUT2D eigenvalue weighted by atomic mass is 10.1. The van der Waals surface area contributed by atoms with Gasteiger partial charge >= 0.3 is 12.4 Å². The van der Waals surface area contributed by atoms with Gasteiger partial charge in [0, 0.05) is 11.3 Å². The summed E-state index contributed by atoms with van der Waals surface area (Å²) >= 11 is 0. The van der Waals surface area contributed by atoms with Gasteiger partial charge in [0.2, 0.25) is 0 Å². The molecule has 12 heteroatoms. The third kappa shape index (κ3) is 5.38. The van der Waals surface area contributed by atoms with E-state index in [-0.39, 0.29) is 39.8 Å². The van der Waals surface area contributed by atoms with Crippen molar-refractivity contribution in [3.05, 3.63) is 70.8 Å². The standard InChI is InChI=1S/C21H14F6N6/c1-11-16(10-28)19(30-14-6-2-4-12(8-14)20(22,23)24)31-18(29)17(11)33-32-15-7-3-5-13(9-15)21(25,26)27/h2-9H,1H3,(H3,29,30,31)/b33-32+. The van der Waals surface area contributed by atoms with E-state index in [1.54, 1.807) is 0 Å². The molecule has 170 valence electrons. The van der Waals surface area contributed by atoms with E-state index < -0.39 is 23.5 Å². The molecule has 6 nitrogen and oxygen atoms in total. The van der Waals surface area contributed by atoms with Gasteiger partial charge in [-0.25, -0.2) is 4.98 Å². The largest absolute Gasteiger partial charge is 0.416 e. The second kappa shape index (κ2) is 8.78. The Morgan fingerprint density at radius 3 is 2.15 bits per heavy atom. The number of pyridine rings is 1. The van der Waals surface area contributed by atoms with Crippen LogP contribution in [0.5, 0.6) is 0 Å². The Bertz CT molecular complexity index is 1260. The normalized spacial score (nSPS) is 12.1. The highest BCUT2D eigenvalue weighted by atomic mass is 19.4. The zero-order valence-corrected chi connectivity index (χ0v) is 16.8. The molecule has 1 heterocycles. The number of hydrogen-bond acceptors (Lipinski definition) is 6. The Kier molecular flexibility index (Phi) is 6.25. The van der Waals surface area contributed by atoms with E-state index in [1.165, 1.54) is 25.1 Å². The number of nitriles is 1. The van der Waals surface area contributed by atoms with Gasteiger partial charge in [0.25, 0.3) is 0 Å². The lowest BCUT2D eigenvalue weighted by Gasteiger charge is -2.14. The number of anilines is 3. The first-order chi connectivity index (χ1) is 15.4. The number of hydrogen-bond donors (Lipinski definition) is 2. The molecule has 33 heavy (non-hydrogen) atoms. The number of aromatic nitrogens is 1. The average molecular weight is 464 g/mol. The lowest BCUT2D eigenvalue weighted by molar-refractivity contribution is -0.138.